The summed E-state index contributed by atoms with van der Waals surface area (Å²) < 4.78 is 1.99. The van der Waals surface area contributed by atoms with Crippen LogP contribution in [0.4, 0.5) is 0 Å². The molecule has 3 rings (SSSR count). The fraction of sp³-hybridized carbons (Fsp3) is 0.500. The number of benzene rings is 1. The molecule has 1 aromatic carbocycles. The van der Waals surface area contributed by atoms with Gasteiger partial charge in [0.2, 0.25) is 5.91 Å². The van der Waals surface area contributed by atoms with E-state index in [4.69, 9.17) is 0 Å². The molecule has 1 aliphatic heterocycles. The lowest BCUT2D eigenvalue weighted by Gasteiger charge is -2.32. The number of carbonyl (C=O) groups is 1. The monoisotopic (exact) mass is 411 g/mol. The summed E-state index contributed by atoms with van der Waals surface area (Å²) >= 11 is 0. The first-order valence-electron chi connectivity index (χ1n) is 10.5. The fourth-order valence-corrected chi connectivity index (χ4v) is 3.82. The molecule has 0 atom stereocenters. The van der Waals surface area contributed by atoms with Crippen molar-refractivity contribution < 1.29 is 4.79 Å². The molecule has 3 N–H and O–H groups in total. The second-order valence-electron chi connectivity index (χ2n) is 7.76. The maximum Gasteiger partial charge on any atom is 0.233 e. The number of rotatable bonds is 6. The van der Waals surface area contributed by atoms with Crippen molar-refractivity contribution in [1.82, 2.24) is 30.6 Å². The number of amides is 1. The van der Waals surface area contributed by atoms with Crippen LogP contribution in [0.25, 0.3) is 5.69 Å². The number of hydrogen-bond acceptors (Lipinski definition) is 4. The number of nitrogens with zero attached hydrogens (tertiary/aromatic N) is 4. The van der Waals surface area contributed by atoms with Crippen molar-refractivity contribution in [3.05, 3.63) is 47.3 Å². The second-order valence-corrected chi connectivity index (χ2v) is 7.76. The number of aryl methyl sites for hydroxylation is 2. The zero-order valence-electron chi connectivity index (χ0n) is 18.4. The van der Waals surface area contributed by atoms with E-state index in [-0.39, 0.29) is 5.91 Å². The van der Waals surface area contributed by atoms with Gasteiger partial charge >= 0.3 is 0 Å². The highest BCUT2D eigenvalue weighted by Gasteiger charge is 2.21. The number of guanidine groups is 1. The van der Waals surface area contributed by atoms with E-state index in [1.807, 2.05) is 23.7 Å². The topological polar surface area (TPSA) is 86.6 Å². The normalized spacial score (nSPS) is 15.8. The quantitative estimate of drug-likeness (QED) is 0.494. The van der Waals surface area contributed by atoms with Crippen LogP contribution in [-0.4, -0.2) is 66.3 Å². The third-order valence-electron chi connectivity index (χ3n) is 5.47. The minimum Gasteiger partial charge on any atom is -0.358 e. The van der Waals surface area contributed by atoms with E-state index in [1.54, 1.807) is 14.1 Å². The molecule has 1 fully saturated rings. The van der Waals surface area contributed by atoms with Crippen LogP contribution < -0.4 is 16.0 Å². The largest absolute Gasteiger partial charge is 0.358 e. The molecule has 2 heterocycles. The fourth-order valence-electron chi connectivity index (χ4n) is 3.82. The summed E-state index contributed by atoms with van der Waals surface area (Å²) in [4.78, 5) is 18.1. The molecule has 30 heavy (non-hydrogen) atoms. The molecule has 1 aromatic heterocycles. The van der Waals surface area contributed by atoms with E-state index in [1.165, 1.54) is 0 Å². The first kappa shape index (κ1) is 21.8. The van der Waals surface area contributed by atoms with Crippen molar-refractivity contribution in [2.24, 2.45) is 4.99 Å². The number of aliphatic imine (C=N–C) groups is 1. The van der Waals surface area contributed by atoms with Gasteiger partial charge in [-0.2, -0.15) is 5.10 Å². The Morgan fingerprint density at radius 2 is 1.97 bits per heavy atom. The number of para-hydroxylation sites is 1. The van der Waals surface area contributed by atoms with E-state index in [9.17, 15) is 4.79 Å². The summed E-state index contributed by atoms with van der Waals surface area (Å²) in [5.74, 6) is 0.864. The highest BCUT2D eigenvalue weighted by Crippen LogP contribution is 2.17. The SMILES string of the molecule is CN=C(NCc1ccccc1-n1nc(C)cc1C)NC1CCN(CC(=O)NC)CC1. The Morgan fingerprint density at radius 1 is 1.23 bits per heavy atom. The summed E-state index contributed by atoms with van der Waals surface area (Å²) in [6.07, 6.45) is 1.97. The highest BCUT2D eigenvalue weighted by molar-refractivity contribution is 5.80. The van der Waals surface area contributed by atoms with Crippen LogP contribution in [0.5, 0.6) is 0 Å². The van der Waals surface area contributed by atoms with Crippen molar-refractivity contribution in [3.63, 3.8) is 0 Å². The van der Waals surface area contributed by atoms with Gasteiger partial charge in [-0.3, -0.25) is 14.7 Å². The molecule has 1 saturated heterocycles. The Bertz CT molecular complexity index is 881. The molecule has 1 amide bonds. The molecule has 8 heteroatoms. The van der Waals surface area contributed by atoms with Gasteiger partial charge in [-0.1, -0.05) is 18.2 Å². The second kappa shape index (κ2) is 10.2. The summed E-state index contributed by atoms with van der Waals surface area (Å²) in [5, 5.41) is 14.3. The van der Waals surface area contributed by atoms with Crippen molar-refractivity contribution in [1.29, 1.82) is 0 Å². The van der Waals surface area contributed by atoms with Crippen LogP contribution in [0.1, 0.15) is 29.8 Å². The van der Waals surface area contributed by atoms with Gasteiger partial charge < -0.3 is 16.0 Å². The lowest BCUT2D eigenvalue weighted by atomic mass is 10.1. The molecular formula is C22H33N7O. The van der Waals surface area contributed by atoms with Gasteiger partial charge in [0.15, 0.2) is 5.96 Å². The predicted octanol–water partition coefficient (Wildman–Crippen LogP) is 1.36. The van der Waals surface area contributed by atoms with Gasteiger partial charge in [-0.05, 0) is 44.4 Å². The smallest absolute Gasteiger partial charge is 0.233 e. The first-order valence-corrected chi connectivity index (χ1v) is 10.5. The van der Waals surface area contributed by atoms with Crippen LogP contribution in [0, 0.1) is 13.8 Å². The maximum absolute atomic E-state index is 11.6. The number of hydrogen-bond donors (Lipinski definition) is 3. The Balaban J connectivity index is 1.56. The number of piperidine rings is 1. The van der Waals surface area contributed by atoms with Gasteiger partial charge in [0.05, 0.1) is 17.9 Å². The third kappa shape index (κ3) is 5.60. The Kier molecular flexibility index (Phi) is 7.46. The molecule has 0 spiro atoms. The van der Waals surface area contributed by atoms with Crippen molar-refractivity contribution in [3.8, 4) is 5.69 Å². The zero-order chi connectivity index (χ0) is 21.5. The molecular weight excluding hydrogens is 378 g/mol. The maximum atomic E-state index is 11.6. The van der Waals surface area contributed by atoms with Crippen LogP contribution in [-0.2, 0) is 11.3 Å². The van der Waals surface area contributed by atoms with Crippen molar-refractivity contribution in [2.45, 2.75) is 39.3 Å². The molecule has 0 unspecified atom stereocenters. The van der Waals surface area contributed by atoms with E-state index < -0.39 is 0 Å². The van der Waals surface area contributed by atoms with Crippen LogP contribution >= 0.6 is 0 Å². The van der Waals surface area contributed by atoms with Gasteiger partial charge in [-0.15, -0.1) is 0 Å². The molecule has 0 bridgehead atoms. The summed E-state index contributed by atoms with van der Waals surface area (Å²) in [7, 11) is 3.47. The van der Waals surface area contributed by atoms with E-state index in [0.717, 1.165) is 54.5 Å². The predicted molar refractivity (Wildman–Crippen MR) is 120 cm³/mol. The number of nitrogens with one attached hydrogen (secondary N) is 3. The molecule has 0 aliphatic carbocycles. The number of carbonyl (C=O) groups excluding carboxylic acids is 1. The van der Waals surface area contributed by atoms with Crippen molar-refractivity contribution in [2.75, 3.05) is 33.7 Å². The van der Waals surface area contributed by atoms with Crippen molar-refractivity contribution >= 4 is 11.9 Å². The average molecular weight is 412 g/mol. The summed E-state index contributed by atoms with van der Waals surface area (Å²) in [5.41, 5.74) is 4.36. The number of aromatic nitrogens is 2. The van der Waals surface area contributed by atoms with Gasteiger partial charge in [0.25, 0.3) is 0 Å². The first-order chi connectivity index (χ1) is 14.5. The summed E-state index contributed by atoms with van der Waals surface area (Å²) in [6.45, 7) is 7.02. The lowest BCUT2D eigenvalue weighted by molar-refractivity contribution is -0.122. The zero-order valence-corrected chi connectivity index (χ0v) is 18.4. The molecule has 1 aliphatic rings. The Hall–Kier alpha value is -2.87. The lowest BCUT2D eigenvalue weighted by Crippen LogP contribution is -2.49. The third-order valence-corrected chi connectivity index (χ3v) is 5.47. The van der Waals surface area contributed by atoms with E-state index >= 15 is 0 Å². The van der Waals surface area contributed by atoms with E-state index in [2.05, 4.69) is 56.1 Å². The van der Waals surface area contributed by atoms with Crippen LogP contribution in [0.2, 0.25) is 0 Å². The van der Waals surface area contributed by atoms with Crippen LogP contribution in [0.3, 0.4) is 0 Å². The van der Waals surface area contributed by atoms with Gasteiger partial charge in [-0.25, -0.2) is 4.68 Å². The molecule has 0 radical (unpaired) electrons. The summed E-state index contributed by atoms with van der Waals surface area (Å²) in [6, 6.07) is 10.7. The van der Waals surface area contributed by atoms with Crippen LogP contribution in [0.15, 0.2) is 35.3 Å². The standard InChI is InChI=1S/C22H33N7O/c1-16-13-17(2)29(27-16)20-8-6-5-7-18(20)14-25-22(24-4)26-19-9-11-28(12-10-19)15-21(30)23-3/h5-8,13,19H,9-12,14-15H2,1-4H3,(H,23,30)(H2,24,25,26). The Morgan fingerprint density at radius 3 is 2.60 bits per heavy atom. The average Bonchev–Trinajstić information content (AvgIpc) is 3.10. The number of likely N-dealkylation sites (tertiary alicyclic amines) is 1. The molecule has 8 nitrogen and oxygen atoms in total. The van der Waals surface area contributed by atoms with E-state index in [0.29, 0.717) is 19.1 Å². The Labute approximate surface area is 178 Å². The minimum absolute atomic E-state index is 0.0696. The molecule has 2 aromatic rings. The minimum atomic E-state index is 0.0696. The van der Waals surface area contributed by atoms with Gasteiger partial charge in [0, 0.05) is 45.5 Å². The molecule has 162 valence electrons. The van der Waals surface area contributed by atoms with Gasteiger partial charge in [0.1, 0.15) is 0 Å². The highest BCUT2D eigenvalue weighted by atomic mass is 16.1. The molecule has 0 saturated carbocycles. The number of likely N-dealkylation sites (N-methyl/N-ethyl adjacent to an activating group) is 1.